The van der Waals surface area contributed by atoms with Crippen molar-refractivity contribution in [3.63, 3.8) is 0 Å². The molecule has 5 fully saturated rings. The fourth-order valence-electron chi connectivity index (χ4n) is 7.06. The Kier molecular flexibility index (Phi) is 4.76. The van der Waals surface area contributed by atoms with Gasteiger partial charge in [-0.2, -0.15) is 0 Å². The van der Waals surface area contributed by atoms with Crippen molar-refractivity contribution in [2.75, 3.05) is 26.2 Å². The van der Waals surface area contributed by atoms with E-state index in [2.05, 4.69) is 9.88 Å². The van der Waals surface area contributed by atoms with E-state index in [1.54, 1.807) is 11.3 Å². The van der Waals surface area contributed by atoms with Gasteiger partial charge in [-0.25, -0.2) is 4.98 Å². The molecule has 4 aliphatic carbocycles. The molecule has 5 nitrogen and oxygen atoms in total. The van der Waals surface area contributed by atoms with Gasteiger partial charge in [0.2, 0.25) is 5.91 Å². The van der Waals surface area contributed by atoms with Gasteiger partial charge in [-0.15, -0.1) is 22.7 Å². The third-order valence-corrected chi connectivity index (χ3v) is 10.3. The first-order valence-corrected chi connectivity index (χ1v) is 13.3. The molecule has 7 rings (SSSR count). The highest BCUT2D eigenvalue weighted by atomic mass is 32.1. The number of carbonyl (C=O) groups excluding carboxylic acids is 2. The second-order valence-electron chi connectivity index (χ2n) is 10.2. The molecule has 3 heterocycles. The maximum Gasteiger partial charge on any atom is 0.265 e. The Morgan fingerprint density at radius 3 is 2.19 bits per heavy atom. The van der Waals surface area contributed by atoms with Crippen molar-refractivity contribution in [3.8, 4) is 9.88 Å². The highest BCUT2D eigenvalue weighted by Crippen LogP contribution is 2.60. The van der Waals surface area contributed by atoms with Crippen molar-refractivity contribution in [1.29, 1.82) is 0 Å². The summed E-state index contributed by atoms with van der Waals surface area (Å²) in [6.45, 7) is 4.52. The Balaban J connectivity index is 1.12. The second kappa shape index (κ2) is 7.41. The van der Waals surface area contributed by atoms with Crippen molar-refractivity contribution in [1.82, 2.24) is 14.8 Å². The van der Waals surface area contributed by atoms with Gasteiger partial charge >= 0.3 is 0 Å². The number of aromatic nitrogens is 1. The van der Waals surface area contributed by atoms with Crippen LogP contribution in [-0.4, -0.2) is 52.8 Å². The Bertz CT molecular complexity index is 969. The molecule has 0 spiro atoms. The third kappa shape index (κ3) is 3.35. The zero-order valence-corrected chi connectivity index (χ0v) is 19.6. The molecule has 0 N–H and O–H groups in total. The van der Waals surface area contributed by atoms with Crippen molar-refractivity contribution in [3.05, 3.63) is 28.1 Å². The second-order valence-corrected chi connectivity index (χ2v) is 12.1. The minimum atomic E-state index is -0.0786. The van der Waals surface area contributed by atoms with E-state index in [1.807, 2.05) is 29.3 Å². The largest absolute Gasteiger partial charge is 0.339 e. The van der Waals surface area contributed by atoms with Crippen LogP contribution in [0.5, 0.6) is 0 Å². The SMILES string of the molecule is Cc1nc(-c2cccs2)sc1C(=O)N1CCN(C(=O)C23CC4CC(CC(C4)C2)C3)CC1. The van der Waals surface area contributed by atoms with Gasteiger partial charge < -0.3 is 9.80 Å². The summed E-state index contributed by atoms with van der Waals surface area (Å²) in [7, 11) is 0. The van der Waals surface area contributed by atoms with Crippen LogP contribution in [0.3, 0.4) is 0 Å². The number of piperazine rings is 1. The first-order valence-electron chi connectivity index (χ1n) is 11.6. The minimum absolute atomic E-state index is 0.0692. The summed E-state index contributed by atoms with van der Waals surface area (Å²) in [4.78, 5) is 37.3. The maximum absolute atomic E-state index is 13.6. The molecule has 0 aromatic carbocycles. The van der Waals surface area contributed by atoms with Crippen molar-refractivity contribution < 1.29 is 9.59 Å². The lowest BCUT2D eigenvalue weighted by Gasteiger charge is -2.57. The van der Waals surface area contributed by atoms with Crippen LogP contribution < -0.4 is 0 Å². The fraction of sp³-hybridized carbons (Fsp3) is 0.625. The number of amides is 2. The fourth-order valence-corrected chi connectivity index (χ4v) is 8.90. The number of thiophene rings is 1. The Morgan fingerprint density at radius 2 is 1.61 bits per heavy atom. The van der Waals surface area contributed by atoms with E-state index in [0.717, 1.165) is 57.5 Å². The average molecular weight is 456 g/mol. The van der Waals surface area contributed by atoms with E-state index < -0.39 is 0 Å². The molecule has 164 valence electrons. The molecule has 2 aromatic heterocycles. The van der Waals surface area contributed by atoms with Crippen LogP contribution >= 0.6 is 22.7 Å². The summed E-state index contributed by atoms with van der Waals surface area (Å²) in [6.07, 6.45) is 7.41. The standard InChI is InChI=1S/C24H29N3O2S2/c1-15-20(31-21(25-15)19-3-2-8-30-19)22(28)26-4-6-27(7-5-26)23(29)24-12-16-9-17(13-24)11-18(10-16)14-24/h2-3,8,16-18H,4-7,9-14H2,1H3. The summed E-state index contributed by atoms with van der Waals surface area (Å²) in [5.74, 6) is 2.81. The van der Waals surface area contributed by atoms with Gasteiger partial charge in [0.25, 0.3) is 5.91 Å². The van der Waals surface area contributed by atoms with E-state index in [0.29, 0.717) is 32.1 Å². The lowest BCUT2D eigenvalue weighted by atomic mass is 9.49. The smallest absolute Gasteiger partial charge is 0.265 e. The Labute approximate surface area is 191 Å². The molecular formula is C24H29N3O2S2. The molecule has 0 unspecified atom stereocenters. The summed E-state index contributed by atoms with van der Waals surface area (Å²) < 4.78 is 0. The molecule has 2 aromatic rings. The van der Waals surface area contributed by atoms with E-state index in [-0.39, 0.29) is 11.3 Å². The Morgan fingerprint density at radius 1 is 1.00 bits per heavy atom. The van der Waals surface area contributed by atoms with E-state index in [4.69, 9.17) is 0 Å². The van der Waals surface area contributed by atoms with E-state index in [9.17, 15) is 9.59 Å². The van der Waals surface area contributed by atoms with E-state index >= 15 is 0 Å². The van der Waals surface area contributed by atoms with Crippen LogP contribution in [0.1, 0.15) is 53.9 Å². The van der Waals surface area contributed by atoms with Crippen LogP contribution in [0.15, 0.2) is 17.5 Å². The number of hydrogen-bond acceptors (Lipinski definition) is 5. The minimum Gasteiger partial charge on any atom is -0.339 e. The molecule has 7 heteroatoms. The zero-order valence-electron chi connectivity index (χ0n) is 18.0. The number of carbonyl (C=O) groups is 2. The van der Waals surface area contributed by atoms with Gasteiger partial charge in [-0.05, 0) is 74.6 Å². The highest BCUT2D eigenvalue weighted by molar-refractivity contribution is 7.22. The molecule has 2 amide bonds. The van der Waals surface area contributed by atoms with Gasteiger partial charge in [0.05, 0.1) is 16.0 Å². The molecule has 1 aliphatic heterocycles. The predicted molar refractivity (Wildman–Crippen MR) is 123 cm³/mol. The van der Waals surface area contributed by atoms with Crippen LogP contribution in [0.2, 0.25) is 0 Å². The predicted octanol–water partition coefficient (Wildman–Crippen LogP) is 4.68. The topological polar surface area (TPSA) is 53.5 Å². The first-order chi connectivity index (χ1) is 15.0. The van der Waals surface area contributed by atoms with Gasteiger partial charge in [0.1, 0.15) is 9.88 Å². The molecular weight excluding hydrogens is 426 g/mol. The Hall–Kier alpha value is -1.73. The van der Waals surface area contributed by atoms with Crippen molar-refractivity contribution >= 4 is 34.5 Å². The van der Waals surface area contributed by atoms with Crippen LogP contribution in [-0.2, 0) is 4.79 Å². The molecule has 5 aliphatic rings. The number of rotatable bonds is 3. The molecule has 1 saturated heterocycles. The molecule has 0 atom stereocenters. The van der Waals surface area contributed by atoms with Crippen molar-refractivity contribution in [2.45, 2.75) is 45.4 Å². The highest BCUT2D eigenvalue weighted by Gasteiger charge is 2.55. The summed E-state index contributed by atoms with van der Waals surface area (Å²) >= 11 is 3.14. The van der Waals surface area contributed by atoms with Crippen molar-refractivity contribution in [2.24, 2.45) is 23.2 Å². The quantitative estimate of drug-likeness (QED) is 0.675. The first kappa shape index (κ1) is 19.9. The van der Waals surface area contributed by atoms with Crippen LogP contribution in [0.25, 0.3) is 9.88 Å². The van der Waals surface area contributed by atoms with E-state index in [1.165, 1.54) is 30.6 Å². The van der Waals surface area contributed by atoms with Gasteiger partial charge in [-0.1, -0.05) is 6.07 Å². The van der Waals surface area contributed by atoms with Gasteiger partial charge in [0.15, 0.2) is 0 Å². The van der Waals surface area contributed by atoms with Crippen LogP contribution in [0.4, 0.5) is 0 Å². The zero-order chi connectivity index (χ0) is 21.2. The lowest BCUT2D eigenvalue weighted by molar-refractivity contribution is -0.159. The molecule has 4 bridgehead atoms. The van der Waals surface area contributed by atoms with Gasteiger partial charge in [0, 0.05) is 26.2 Å². The number of hydrogen-bond donors (Lipinski definition) is 0. The van der Waals surface area contributed by atoms with Gasteiger partial charge in [-0.3, -0.25) is 9.59 Å². The summed E-state index contributed by atoms with van der Waals surface area (Å²) in [5, 5.41) is 2.96. The summed E-state index contributed by atoms with van der Waals surface area (Å²) in [5.41, 5.74) is 0.732. The molecule has 31 heavy (non-hydrogen) atoms. The molecule has 0 radical (unpaired) electrons. The number of aryl methyl sites for hydroxylation is 1. The number of nitrogens with zero attached hydrogens (tertiary/aromatic N) is 3. The lowest BCUT2D eigenvalue weighted by Crippen LogP contribution is -2.58. The normalized spacial score (nSPS) is 32.0. The maximum atomic E-state index is 13.6. The number of thiazole rings is 1. The average Bonchev–Trinajstić information content (AvgIpc) is 3.42. The third-order valence-electron chi connectivity index (χ3n) is 8.07. The monoisotopic (exact) mass is 455 g/mol. The van der Waals surface area contributed by atoms with Crippen LogP contribution in [0, 0.1) is 30.1 Å². The summed E-state index contributed by atoms with van der Waals surface area (Å²) in [6, 6.07) is 4.06. The molecule has 4 saturated carbocycles.